The zero-order chi connectivity index (χ0) is 14.2. The molecule has 19 heavy (non-hydrogen) atoms. The molecule has 0 bridgehead atoms. The van der Waals surface area contributed by atoms with E-state index >= 15 is 0 Å². The van der Waals surface area contributed by atoms with Crippen molar-refractivity contribution in [2.24, 2.45) is 0 Å². The zero-order valence-electron chi connectivity index (χ0n) is 10.1. The molecule has 2 amide bonds. The number of benzene rings is 1. The van der Waals surface area contributed by atoms with Gasteiger partial charge in [0.1, 0.15) is 11.9 Å². The van der Waals surface area contributed by atoms with Crippen LogP contribution in [0.3, 0.4) is 0 Å². The first-order valence-corrected chi connectivity index (χ1v) is 6.03. The molecule has 1 heterocycles. The van der Waals surface area contributed by atoms with Crippen molar-refractivity contribution >= 4 is 29.1 Å². The van der Waals surface area contributed by atoms with Crippen LogP contribution < -0.4 is 4.90 Å². The molecule has 0 aliphatic carbocycles. The monoisotopic (exact) mass is 286 g/mol. The summed E-state index contributed by atoms with van der Waals surface area (Å²) in [5, 5.41) is 9.82. The summed E-state index contributed by atoms with van der Waals surface area (Å²) in [6.07, 6.45) is 0.387. The van der Waals surface area contributed by atoms with Crippen LogP contribution in [-0.4, -0.2) is 35.2 Å². The van der Waals surface area contributed by atoms with Gasteiger partial charge in [-0.05, 0) is 24.6 Å². The summed E-state index contributed by atoms with van der Waals surface area (Å²) >= 11 is 5.65. The maximum absolute atomic E-state index is 13.0. The minimum atomic E-state index is -0.902. The van der Waals surface area contributed by atoms with Crippen LogP contribution >= 0.6 is 11.6 Å². The van der Waals surface area contributed by atoms with Crippen molar-refractivity contribution in [2.75, 3.05) is 11.9 Å². The van der Waals surface area contributed by atoms with Crippen LogP contribution in [0, 0.1) is 5.82 Å². The quantitative estimate of drug-likeness (QED) is 0.844. The molecule has 102 valence electrons. The lowest BCUT2D eigenvalue weighted by atomic mass is 10.2. The van der Waals surface area contributed by atoms with E-state index in [1.165, 1.54) is 24.1 Å². The van der Waals surface area contributed by atoms with Crippen molar-refractivity contribution in [3.8, 4) is 0 Å². The van der Waals surface area contributed by atoms with Crippen LogP contribution in [0.1, 0.15) is 12.8 Å². The van der Waals surface area contributed by atoms with Crippen molar-refractivity contribution in [3.63, 3.8) is 0 Å². The van der Waals surface area contributed by atoms with E-state index in [2.05, 4.69) is 0 Å². The van der Waals surface area contributed by atoms with Crippen LogP contribution in [0.5, 0.6) is 0 Å². The van der Waals surface area contributed by atoms with Gasteiger partial charge in [-0.1, -0.05) is 11.6 Å². The second-order valence-corrected chi connectivity index (χ2v) is 4.70. The molecule has 1 aromatic rings. The molecule has 1 aliphatic rings. The minimum absolute atomic E-state index is 0.0968. The Morgan fingerprint density at radius 3 is 2.79 bits per heavy atom. The van der Waals surface area contributed by atoms with E-state index in [1.54, 1.807) is 0 Å². The van der Waals surface area contributed by atoms with E-state index in [0.717, 1.165) is 6.07 Å². The minimum Gasteiger partial charge on any atom is -0.314 e. The Kier molecular flexibility index (Phi) is 3.73. The Bertz CT molecular complexity index is 538. The lowest BCUT2D eigenvalue weighted by Crippen LogP contribution is -2.44. The SMILES string of the molecule is CN(C(=O)C1CCC(=O)N1O)c1ccc(F)c(Cl)c1. The Morgan fingerprint density at radius 1 is 1.58 bits per heavy atom. The second-order valence-electron chi connectivity index (χ2n) is 4.29. The van der Waals surface area contributed by atoms with Crippen LogP contribution in [0.15, 0.2) is 18.2 Å². The van der Waals surface area contributed by atoms with Gasteiger partial charge in [0.15, 0.2) is 0 Å². The number of hydrogen-bond donors (Lipinski definition) is 1. The Hall–Kier alpha value is -1.66. The standard InChI is InChI=1S/C12H12ClFN2O3/c1-15(7-2-3-9(14)8(13)6-7)12(18)10-4-5-11(17)16(10)19/h2-3,6,10,19H,4-5H2,1H3. The number of rotatable bonds is 2. The van der Waals surface area contributed by atoms with E-state index < -0.39 is 23.7 Å². The van der Waals surface area contributed by atoms with Crippen molar-refractivity contribution in [1.29, 1.82) is 0 Å². The zero-order valence-corrected chi connectivity index (χ0v) is 10.9. The first kappa shape index (κ1) is 13.8. The van der Waals surface area contributed by atoms with Crippen molar-refractivity contribution in [2.45, 2.75) is 18.9 Å². The molecule has 2 rings (SSSR count). The number of likely N-dealkylation sites (N-methyl/N-ethyl adjacent to an activating group) is 1. The van der Waals surface area contributed by atoms with Crippen LogP contribution in [0.4, 0.5) is 10.1 Å². The molecule has 0 saturated carbocycles. The smallest absolute Gasteiger partial charge is 0.252 e. The fraction of sp³-hybridized carbons (Fsp3) is 0.333. The first-order chi connectivity index (χ1) is 8.91. The maximum atomic E-state index is 13.0. The fourth-order valence-electron chi connectivity index (χ4n) is 1.94. The van der Waals surface area contributed by atoms with Gasteiger partial charge in [-0.3, -0.25) is 14.8 Å². The highest BCUT2D eigenvalue weighted by atomic mass is 35.5. The van der Waals surface area contributed by atoms with E-state index in [4.69, 9.17) is 11.6 Å². The van der Waals surface area contributed by atoms with Gasteiger partial charge in [0, 0.05) is 19.2 Å². The number of nitrogens with zero attached hydrogens (tertiary/aromatic N) is 2. The number of amides is 2. The van der Waals surface area contributed by atoms with Crippen molar-refractivity contribution < 1.29 is 19.2 Å². The molecular formula is C12H12ClFN2O3. The summed E-state index contributed by atoms with van der Waals surface area (Å²) in [5.74, 6) is -1.51. The highest BCUT2D eigenvalue weighted by molar-refractivity contribution is 6.31. The molecule has 7 heteroatoms. The third-order valence-corrected chi connectivity index (χ3v) is 3.38. The number of carbonyl (C=O) groups is 2. The Morgan fingerprint density at radius 2 is 2.26 bits per heavy atom. The molecule has 1 atom stereocenters. The normalized spacial score (nSPS) is 18.8. The van der Waals surface area contributed by atoms with Gasteiger partial charge in [-0.15, -0.1) is 0 Å². The third-order valence-electron chi connectivity index (χ3n) is 3.09. The third kappa shape index (κ3) is 2.54. The van der Waals surface area contributed by atoms with Gasteiger partial charge in [0.2, 0.25) is 5.91 Å². The summed E-state index contributed by atoms with van der Waals surface area (Å²) in [6.45, 7) is 0. The van der Waals surface area contributed by atoms with Crippen molar-refractivity contribution in [1.82, 2.24) is 5.06 Å². The van der Waals surface area contributed by atoms with Gasteiger partial charge < -0.3 is 4.90 Å². The van der Waals surface area contributed by atoms with Crippen LogP contribution in [0.25, 0.3) is 0 Å². The fourth-order valence-corrected chi connectivity index (χ4v) is 2.12. The Labute approximate surface area is 114 Å². The lowest BCUT2D eigenvalue weighted by molar-refractivity contribution is -0.169. The van der Waals surface area contributed by atoms with Gasteiger partial charge in [0.05, 0.1) is 5.02 Å². The summed E-state index contributed by atoms with van der Waals surface area (Å²) < 4.78 is 13.0. The summed E-state index contributed by atoms with van der Waals surface area (Å²) in [7, 11) is 1.47. The predicted molar refractivity (Wildman–Crippen MR) is 66.5 cm³/mol. The van der Waals surface area contributed by atoms with Gasteiger partial charge in [-0.2, -0.15) is 0 Å². The summed E-state index contributed by atoms with van der Waals surface area (Å²) in [5.41, 5.74) is 0.393. The molecule has 0 radical (unpaired) electrons. The van der Waals surface area contributed by atoms with Gasteiger partial charge >= 0.3 is 0 Å². The highest BCUT2D eigenvalue weighted by Crippen LogP contribution is 2.25. The maximum Gasteiger partial charge on any atom is 0.252 e. The molecule has 5 nitrogen and oxygen atoms in total. The average Bonchev–Trinajstić information content (AvgIpc) is 2.72. The largest absolute Gasteiger partial charge is 0.314 e. The average molecular weight is 287 g/mol. The number of hydrogen-bond acceptors (Lipinski definition) is 3. The van der Waals surface area contributed by atoms with E-state index in [-0.39, 0.29) is 17.9 Å². The molecule has 1 aliphatic heterocycles. The number of carbonyl (C=O) groups excluding carboxylic acids is 2. The number of halogens is 2. The molecule has 1 unspecified atom stereocenters. The van der Waals surface area contributed by atoms with Crippen LogP contribution in [-0.2, 0) is 9.59 Å². The van der Waals surface area contributed by atoms with E-state index in [0.29, 0.717) is 10.8 Å². The van der Waals surface area contributed by atoms with E-state index in [1.807, 2.05) is 0 Å². The second kappa shape index (κ2) is 5.14. The number of hydroxylamine groups is 2. The lowest BCUT2D eigenvalue weighted by Gasteiger charge is -2.24. The highest BCUT2D eigenvalue weighted by Gasteiger charge is 2.37. The topological polar surface area (TPSA) is 60.9 Å². The summed E-state index contributed by atoms with van der Waals surface area (Å²) in [4.78, 5) is 24.5. The van der Waals surface area contributed by atoms with Gasteiger partial charge in [-0.25, -0.2) is 9.45 Å². The van der Waals surface area contributed by atoms with Crippen molar-refractivity contribution in [3.05, 3.63) is 29.0 Å². The van der Waals surface area contributed by atoms with Crippen LogP contribution in [0.2, 0.25) is 5.02 Å². The predicted octanol–water partition coefficient (Wildman–Crippen LogP) is 1.82. The number of anilines is 1. The summed E-state index contributed by atoms with van der Waals surface area (Å²) in [6, 6.07) is 2.96. The molecule has 0 spiro atoms. The first-order valence-electron chi connectivity index (χ1n) is 5.65. The molecular weight excluding hydrogens is 275 g/mol. The van der Waals surface area contributed by atoms with E-state index in [9.17, 15) is 19.2 Å². The Balaban J connectivity index is 2.19. The molecule has 0 aromatic heterocycles. The molecule has 1 fully saturated rings. The van der Waals surface area contributed by atoms with Gasteiger partial charge in [0.25, 0.3) is 5.91 Å². The molecule has 1 N–H and O–H groups in total. The molecule has 1 saturated heterocycles. The molecule has 1 aromatic carbocycles.